The van der Waals surface area contributed by atoms with Gasteiger partial charge < -0.3 is 15.5 Å². The molecule has 0 unspecified atom stereocenters. The Morgan fingerprint density at radius 3 is 2.46 bits per heavy atom. The van der Waals surface area contributed by atoms with E-state index in [9.17, 15) is 0 Å². The van der Waals surface area contributed by atoms with E-state index in [1.165, 1.54) is 0 Å². The van der Waals surface area contributed by atoms with Crippen LogP contribution in [0.5, 0.6) is 0 Å². The lowest BCUT2D eigenvalue weighted by atomic mass is 9.97. The van der Waals surface area contributed by atoms with Gasteiger partial charge in [0.25, 0.3) is 0 Å². The molecule has 1 fully saturated rings. The van der Waals surface area contributed by atoms with Gasteiger partial charge in [-0.2, -0.15) is 9.97 Å². The van der Waals surface area contributed by atoms with Crippen LogP contribution in [0.3, 0.4) is 0 Å². The Hall–Kier alpha value is -2.99. The van der Waals surface area contributed by atoms with Crippen molar-refractivity contribution in [2.75, 3.05) is 37.4 Å². The van der Waals surface area contributed by atoms with Crippen molar-refractivity contribution in [1.82, 2.24) is 20.3 Å². The van der Waals surface area contributed by atoms with Crippen LogP contribution in [-0.4, -0.2) is 42.1 Å². The predicted octanol–water partition coefficient (Wildman–Crippen LogP) is 3.82. The van der Waals surface area contributed by atoms with Crippen LogP contribution in [0.15, 0.2) is 54.6 Å². The fraction of sp³-hybridized carbons (Fsp3) is 0.318. The molecule has 4 rings (SSSR count). The molecule has 6 heteroatoms. The fourth-order valence-electron chi connectivity index (χ4n) is 3.42. The maximum Gasteiger partial charge on any atom is 0.231 e. The third-order valence-electron chi connectivity index (χ3n) is 5.01. The van der Waals surface area contributed by atoms with E-state index in [-0.39, 0.29) is 0 Å². The average molecular weight is 374 g/mol. The van der Waals surface area contributed by atoms with Crippen molar-refractivity contribution in [3.8, 4) is 11.4 Å². The second-order valence-electron chi connectivity index (χ2n) is 7.30. The van der Waals surface area contributed by atoms with Crippen LogP contribution in [0.25, 0.3) is 11.4 Å². The monoisotopic (exact) mass is 374 g/mol. The molecule has 2 aromatic carbocycles. The van der Waals surface area contributed by atoms with Crippen LogP contribution in [0, 0.1) is 0 Å². The zero-order chi connectivity index (χ0) is 19.3. The van der Waals surface area contributed by atoms with Gasteiger partial charge in [-0.15, -0.1) is 0 Å². The van der Waals surface area contributed by atoms with E-state index in [2.05, 4.69) is 27.7 Å². The second-order valence-corrected chi connectivity index (χ2v) is 7.30. The van der Waals surface area contributed by atoms with Gasteiger partial charge in [0, 0.05) is 37.0 Å². The summed E-state index contributed by atoms with van der Waals surface area (Å²) in [5, 5.41) is 6.79. The molecule has 2 heterocycles. The number of nitrogens with zero attached hydrogens (tertiary/aromatic N) is 4. The van der Waals surface area contributed by atoms with Gasteiger partial charge in [0.2, 0.25) is 5.95 Å². The number of rotatable bonds is 5. The summed E-state index contributed by atoms with van der Waals surface area (Å²) in [6.07, 6.45) is 2.10. The van der Waals surface area contributed by atoms with Gasteiger partial charge in [-0.05, 0) is 44.1 Å². The van der Waals surface area contributed by atoms with E-state index >= 15 is 0 Å². The normalized spacial score (nSPS) is 14.6. The largest absolute Gasteiger partial charge is 0.378 e. The molecule has 0 amide bonds. The summed E-state index contributed by atoms with van der Waals surface area (Å²) < 4.78 is 0. The van der Waals surface area contributed by atoms with Crippen molar-refractivity contribution >= 4 is 17.3 Å². The number of anilines is 3. The summed E-state index contributed by atoms with van der Waals surface area (Å²) in [5.74, 6) is 2.55. The van der Waals surface area contributed by atoms with Gasteiger partial charge in [0.05, 0.1) is 0 Å². The molecule has 0 atom stereocenters. The van der Waals surface area contributed by atoms with Crippen LogP contribution >= 0.6 is 0 Å². The molecule has 1 aliphatic rings. The van der Waals surface area contributed by atoms with Gasteiger partial charge in [-0.25, -0.2) is 4.98 Å². The van der Waals surface area contributed by atoms with Crippen molar-refractivity contribution in [3.05, 3.63) is 60.4 Å². The Bertz CT molecular complexity index is 919. The first-order valence-electron chi connectivity index (χ1n) is 9.75. The molecular formula is C22H26N6. The Morgan fingerprint density at radius 1 is 0.929 bits per heavy atom. The molecule has 1 aliphatic heterocycles. The summed E-state index contributed by atoms with van der Waals surface area (Å²) in [4.78, 5) is 16.4. The van der Waals surface area contributed by atoms with Crippen molar-refractivity contribution in [2.24, 2.45) is 0 Å². The van der Waals surface area contributed by atoms with Crippen molar-refractivity contribution in [3.63, 3.8) is 0 Å². The maximum absolute atomic E-state index is 4.82. The molecular weight excluding hydrogens is 348 g/mol. The van der Waals surface area contributed by atoms with Crippen LogP contribution in [0.4, 0.5) is 17.3 Å². The number of hydrogen-bond donors (Lipinski definition) is 2. The van der Waals surface area contributed by atoms with Crippen molar-refractivity contribution in [1.29, 1.82) is 0 Å². The smallest absolute Gasteiger partial charge is 0.231 e. The Kier molecular flexibility index (Phi) is 5.48. The molecule has 0 aliphatic carbocycles. The Labute approximate surface area is 166 Å². The minimum absolute atomic E-state index is 0.361. The van der Waals surface area contributed by atoms with Crippen LogP contribution in [-0.2, 0) is 0 Å². The average Bonchev–Trinajstić information content (AvgIpc) is 2.75. The van der Waals surface area contributed by atoms with Gasteiger partial charge >= 0.3 is 0 Å². The third kappa shape index (κ3) is 4.28. The van der Waals surface area contributed by atoms with E-state index in [1.54, 1.807) is 0 Å². The first-order chi connectivity index (χ1) is 13.7. The van der Waals surface area contributed by atoms with Gasteiger partial charge in [-0.3, -0.25) is 0 Å². The number of aromatic nitrogens is 3. The highest BCUT2D eigenvalue weighted by Crippen LogP contribution is 2.27. The first kappa shape index (κ1) is 18.4. The van der Waals surface area contributed by atoms with Crippen molar-refractivity contribution in [2.45, 2.75) is 18.8 Å². The molecule has 0 bridgehead atoms. The third-order valence-corrected chi connectivity index (χ3v) is 5.01. The first-order valence-corrected chi connectivity index (χ1v) is 9.75. The molecule has 28 heavy (non-hydrogen) atoms. The van der Waals surface area contributed by atoms with Crippen molar-refractivity contribution < 1.29 is 0 Å². The lowest BCUT2D eigenvalue weighted by Gasteiger charge is -2.22. The highest BCUT2D eigenvalue weighted by atomic mass is 15.2. The van der Waals surface area contributed by atoms with Crippen LogP contribution in [0.2, 0.25) is 0 Å². The lowest BCUT2D eigenvalue weighted by Crippen LogP contribution is -2.27. The highest BCUT2D eigenvalue weighted by molar-refractivity contribution is 5.63. The zero-order valence-electron chi connectivity index (χ0n) is 16.4. The maximum atomic E-state index is 4.82. The highest BCUT2D eigenvalue weighted by Gasteiger charge is 2.20. The lowest BCUT2D eigenvalue weighted by molar-refractivity contribution is 0.444. The Balaban J connectivity index is 1.70. The summed E-state index contributed by atoms with van der Waals surface area (Å²) in [5.41, 5.74) is 3.10. The minimum Gasteiger partial charge on any atom is -0.378 e. The van der Waals surface area contributed by atoms with Gasteiger partial charge in [0.15, 0.2) is 5.82 Å². The summed E-state index contributed by atoms with van der Waals surface area (Å²) in [6, 6.07) is 18.3. The number of piperidine rings is 1. The molecule has 6 nitrogen and oxygen atoms in total. The fourth-order valence-corrected chi connectivity index (χ4v) is 3.42. The molecule has 0 spiro atoms. The summed E-state index contributed by atoms with van der Waals surface area (Å²) in [7, 11) is 4.07. The number of benzene rings is 2. The minimum atomic E-state index is 0.361. The summed E-state index contributed by atoms with van der Waals surface area (Å²) >= 11 is 0. The zero-order valence-corrected chi connectivity index (χ0v) is 16.4. The van der Waals surface area contributed by atoms with E-state index in [0.29, 0.717) is 11.9 Å². The second kappa shape index (κ2) is 8.35. The predicted molar refractivity (Wildman–Crippen MR) is 114 cm³/mol. The van der Waals surface area contributed by atoms with Crippen LogP contribution in [0.1, 0.15) is 24.6 Å². The van der Waals surface area contributed by atoms with Crippen LogP contribution < -0.4 is 15.5 Å². The topological polar surface area (TPSA) is 66.0 Å². The quantitative estimate of drug-likeness (QED) is 0.708. The van der Waals surface area contributed by atoms with Gasteiger partial charge in [0.1, 0.15) is 5.82 Å². The van der Waals surface area contributed by atoms with E-state index in [0.717, 1.165) is 54.5 Å². The molecule has 2 N–H and O–H groups in total. The SMILES string of the molecule is CN(C)c1cccc(Nc2nc(-c3ccccc3)nc(C3CCNCC3)n2)c1. The number of hydrogen-bond acceptors (Lipinski definition) is 6. The summed E-state index contributed by atoms with van der Waals surface area (Å²) in [6.45, 7) is 2.01. The molecule has 1 saturated heterocycles. The van der Waals surface area contributed by atoms with E-state index in [4.69, 9.17) is 15.0 Å². The van der Waals surface area contributed by atoms with E-state index < -0.39 is 0 Å². The molecule has 3 aromatic rings. The standard InChI is InChI=1S/C22H26N6/c1-28(2)19-10-6-9-18(15-19)24-22-26-20(16-7-4-3-5-8-16)25-21(27-22)17-11-13-23-14-12-17/h3-10,15,17,23H,11-14H2,1-2H3,(H,24,25,26,27). The van der Waals surface area contributed by atoms with E-state index in [1.807, 2.05) is 56.6 Å². The van der Waals surface area contributed by atoms with Gasteiger partial charge in [-0.1, -0.05) is 36.4 Å². The molecule has 0 saturated carbocycles. The molecule has 1 aromatic heterocycles. The molecule has 0 radical (unpaired) electrons. The number of nitrogens with one attached hydrogen (secondary N) is 2. The molecule has 144 valence electrons. The Morgan fingerprint density at radius 2 is 1.71 bits per heavy atom.